The third kappa shape index (κ3) is 6.64. The van der Waals surface area contributed by atoms with Gasteiger partial charge in [-0.05, 0) is 32.4 Å². The van der Waals surface area contributed by atoms with Gasteiger partial charge >= 0.3 is 0 Å². The van der Waals surface area contributed by atoms with E-state index in [-0.39, 0.29) is 5.91 Å². The van der Waals surface area contributed by atoms with Crippen molar-refractivity contribution < 1.29 is 4.79 Å². The van der Waals surface area contributed by atoms with E-state index < -0.39 is 6.04 Å². The highest BCUT2D eigenvalue weighted by atomic mass is 16.2. The van der Waals surface area contributed by atoms with Crippen molar-refractivity contribution in [3.63, 3.8) is 0 Å². The van der Waals surface area contributed by atoms with Crippen LogP contribution in [-0.4, -0.2) is 42.5 Å². The van der Waals surface area contributed by atoms with Gasteiger partial charge in [0.2, 0.25) is 5.91 Å². The van der Waals surface area contributed by atoms with E-state index in [2.05, 4.69) is 37.9 Å². The first-order valence-electron chi connectivity index (χ1n) is 6.69. The second-order valence-corrected chi connectivity index (χ2v) is 5.04. The minimum atomic E-state index is -0.425. The number of nitrogens with one attached hydrogen (secondary N) is 1. The molecule has 0 aromatic rings. The van der Waals surface area contributed by atoms with Crippen molar-refractivity contribution in [3.8, 4) is 0 Å². The lowest BCUT2D eigenvalue weighted by Gasteiger charge is -2.31. The van der Waals surface area contributed by atoms with Crippen molar-refractivity contribution in [2.75, 3.05) is 19.6 Å². The Morgan fingerprint density at radius 3 is 2.12 bits per heavy atom. The van der Waals surface area contributed by atoms with E-state index >= 15 is 0 Å². The minimum Gasteiger partial charge on any atom is -0.353 e. The van der Waals surface area contributed by atoms with Gasteiger partial charge in [0.1, 0.15) is 0 Å². The second-order valence-electron chi connectivity index (χ2n) is 5.04. The Kier molecular flexibility index (Phi) is 8.17. The molecule has 0 heterocycles. The fourth-order valence-corrected chi connectivity index (χ4v) is 2.03. The number of carbonyl (C=O) groups is 1. The van der Waals surface area contributed by atoms with Crippen molar-refractivity contribution in [2.24, 2.45) is 11.7 Å². The second kappa shape index (κ2) is 8.48. The van der Waals surface area contributed by atoms with Crippen molar-refractivity contribution in [1.29, 1.82) is 0 Å². The number of nitrogens with two attached hydrogens (primary N) is 1. The standard InChI is InChI=1S/C13H29N3O/c1-6-16(7-2)12(8-10(3)4)9-15-13(17)11(5)14/h10-12H,6-9,14H2,1-5H3,(H,15,17). The van der Waals surface area contributed by atoms with Crippen LogP contribution in [-0.2, 0) is 4.79 Å². The van der Waals surface area contributed by atoms with Crippen LogP contribution in [0.4, 0.5) is 0 Å². The fraction of sp³-hybridized carbons (Fsp3) is 0.923. The Hall–Kier alpha value is -0.610. The molecule has 0 radical (unpaired) electrons. The lowest BCUT2D eigenvalue weighted by Crippen LogP contribution is -2.47. The van der Waals surface area contributed by atoms with Crippen LogP contribution in [0.2, 0.25) is 0 Å². The summed E-state index contributed by atoms with van der Waals surface area (Å²) < 4.78 is 0. The average molecular weight is 243 g/mol. The van der Waals surface area contributed by atoms with Crippen LogP contribution in [0.3, 0.4) is 0 Å². The van der Waals surface area contributed by atoms with Crippen molar-refractivity contribution in [3.05, 3.63) is 0 Å². The SMILES string of the molecule is CCN(CC)C(CNC(=O)C(C)N)CC(C)C. The maximum Gasteiger partial charge on any atom is 0.236 e. The third-order valence-corrected chi connectivity index (χ3v) is 3.00. The Morgan fingerprint density at radius 1 is 1.24 bits per heavy atom. The normalized spacial score (nSPS) is 15.1. The summed E-state index contributed by atoms with van der Waals surface area (Å²) in [6.45, 7) is 13.2. The van der Waals surface area contributed by atoms with Crippen LogP contribution >= 0.6 is 0 Å². The summed E-state index contributed by atoms with van der Waals surface area (Å²) in [5.74, 6) is 0.568. The van der Waals surface area contributed by atoms with Crippen LogP contribution in [0, 0.1) is 5.92 Å². The minimum absolute atomic E-state index is 0.0640. The lowest BCUT2D eigenvalue weighted by atomic mass is 10.0. The van der Waals surface area contributed by atoms with Crippen LogP contribution in [0.5, 0.6) is 0 Å². The van der Waals surface area contributed by atoms with E-state index in [4.69, 9.17) is 5.73 Å². The molecule has 0 spiro atoms. The Morgan fingerprint density at radius 2 is 1.76 bits per heavy atom. The maximum absolute atomic E-state index is 11.5. The van der Waals surface area contributed by atoms with Crippen molar-refractivity contribution >= 4 is 5.91 Å². The van der Waals surface area contributed by atoms with Crippen LogP contribution in [0.1, 0.15) is 41.0 Å². The van der Waals surface area contributed by atoms with Gasteiger partial charge in [0.15, 0.2) is 0 Å². The van der Waals surface area contributed by atoms with Gasteiger partial charge in [0.25, 0.3) is 0 Å². The molecule has 4 heteroatoms. The Labute approximate surface area is 106 Å². The predicted octanol–water partition coefficient (Wildman–Crippen LogP) is 1.21. The molecule has 0 saturated carbocycles. The van der Waals surface area contributed by atoms with E-state index in [0.717, 1.165) is 19.5 Å². The van der Waals surface area contributed by atoms with Gasteiger partial charge in [-0.1, -0.05) is 27.7 Å². The molecular formula is C13H29N3O. The predicted molar refractivity (Wildman–Crippen MR) is 72.8 cm³/mol. The van der Waals surface area contributed by atoms with Crippen LogP contribution < -0.4 is 11.1 Å². The van der Waals surface area contributed by atoms with E-state index in [0.29, 0.717) is 18.5 Å². The summed E-state index contributed by atoms with van der Waals surface area (Å²) in [5.41, 5.74) is 5.54. The topological polar surface area (TPSA) is 58.4 Å². The molecule has 0 rings (SSSR count). The molecule has 0 aromatic carbocycles. The molecular weight excluding hydrogens is 214 g/mol. The molecule has 17 heavy (non-hydrogen) atoms. The Balaban J connectivity index is 4.33. The smallest absolute Gasteiger partial charge is 0.236 e. The molecule has 0 aliphatic rings. The average Bonchev–Trinajstić information content (AvgIpc) is 2.25. The van der Waals surface area contributed by atoms with E-state index in [1.807, 2.05) is 0 Å². The molecule has 102 valence electrons. The maximum atomic E-state index is 11.5. The quantitative estimate of drug-likeness (QED) is 0.673. The van der Waals surface area contributed by atoms with Gasteiger partial charge in [0, 0.05) is 12.6 Å². The van der Waals surface area contributed by atoms with Gasteiger partial charge < -0.3 is 11.1 Å². The summed E-state index contributed by atoms with van der Waals surface area (Å²) in [6.07, 6.45) is 1.10. The van der Waals surface area contributed by atoms with Crippen LogP contribution in [0.15, 0.2) is 0 Å². The van der Waals surface area contributed by atoms with Crippen molar-refractivity contribution in [2.45, 2.75) is 53.1 Å². The molecule has 0 bridgehead atoms. The summed E-state index contributed by atoms with van der Waals surface area (Å²) in [7, 11) is 0. The van der Waals surface area contributed by atoms with Crippen LogP contribution in [0.25, 0.3) is 0 Å². The number of hydrogen-bond donors (Lipinski definition) is 2. The lowest BCUT2D eigenvalue weighted by molar-refractivity contribution is -0.122. The van der Waals surface area contributed by atoms with Gasteiger partial charge in [-0.3, -0.25) is 9.69 Å². The molecule has 0 fully saturated rings. The van der Waals surface area contributed by atoms with E-state index in [1.54, 1.807) is 6.92 Å². The number of carbonyl (C=O) groups excluding carboxylic acids is 1. The number of amides is 1. The number of nitrogens with zero attached hydrogens (tertiary/aromatic N) is 1. The highest BCUT2D eigenvalue weighted by Gasteiger charge is 2.18. The largest absolute Gasteiger partial charge is 0.353 e. The van der Waals surface area contributed by atoms with Gasteiger partial charge in [-0.15, -0.1) is 0 Å². The summed E-state index contributed by atoms with van der Waals surface area (Å²) in [6, 6.07) is -0.0147. The zero-order valence-corrected chi connectivity index (χ0v) is 12.0. The highest BCUT2D eigenvalue weighted by Crippen LogP contribution is 2.10. The summed E-state index contributed by atoms with van der Waals surface area (Å²) in [5, 5.41) is 2.93. The van der Waals surface area contributed by atoms with Crippen molar-refractivity contribution in [1.82, 2.24) is 10.2 Å². The molecule has 1 amide bonds. The molecule has 0 aromatic heterocycles. The Bertz CT molecular complexity index is 213. The fourth-order valence-electron chi connectivity index (χ4n) is 2.03. The third-order valence-electron chi connectivity index (χ3n) is 3.00. The summed E-state index contributed by atoms with van der Waals surface area (Å²) in [4.78, 5) is 13.9. The zero-order chi connectivity index (χ0) is 13.4. The molecule has 4 nitrogen and oxygen atoms in total. The monoisotopic (exact) mass is 243 g/mol. The number of hydrogen-bond acceptors (Lipinski definition) is 3. The molecule has 0 aliphatic heterocycles. The first-order chi connectivity index (χ1) is 7.92. The molecule has 0 saturated heterocycles. The van der Waals surface area contributed by atoms with Gasteiger partial charge in [0.05, 0.1) is 6.04 Å². The number of rotatable bonds is 8. The van der Waals surface area contributed by atoms with E-state index in [1.165, 1.54) is 0 Å². The molecule has 2 atom stereocenters. The van der Waals surface area contributed by atoms with E-state index in [9.17, 15) is 4.79 Å². The molecule has 0 aliphatic carbocycles. The zero-order valence-electron chi connectivity index (χ0n) is 12.0. The number of likely N-dealkylation sites (N-methyl/N-ethyl adjacent to an activating group) is 1. The van der Waals surface area contributed by atoms with Gasteiger partial charge in [-0.2, -0.15) is 0 Å². The highest BCUT2D eigenvalue weighted by molar-refractivity contribution is 5.80. The first kappa shape index (κ1) is 16.4. The van der Waals surface area contributed by atoms with Gasteiger partial charge in [-0.25, -0.2) is 0 Å². The molecule has 2 unspecified atom stereocenters. The molecule has 3 N–H and O–H groups in total. The first-order valence-corrected chi connectivity index (χ1v) is 6.69. The summed E-state index contributed by atoms with van der Waals surface area (Å²) >= 11 is 0.